The number of aromatic nitrogens is 2. The molecule has 6 heteroatoms. The van der Waals surface area contributed by atoms with Crippen molar-refractivity contribution in [3.8, 4) is 17.3 Å². The van der Waals surface area contributed by atoms with Gasteiger partial charge in [-0.2, -0.15) is 18.4 Å². The molecule has 1 aromatic carbocycles. The molecule has 0 saturated carbocycles. The molecule has 3 nitrogen and oxygen atoms in total. The standard InChI is InChI=1S/C16H14F3N3/c1-3-4-12-8-14(22-15(9-20)21-12)11-6-5-10(2)13(7-11)16(17,18)19/h5-8H,3-4H2,1-2H3. The summed E-state index contributed by atoms with van der Waals surface area (Å²) < 4.78 is 39.0. The zero-order valence-corrected chi connectivity index (χ0v) is 12.2. The highest BCUT2D eigenvalue weighted by atomic mass is 19.4. The predicted octanol–water partition coefficient (Wildman–Crippen LogP) is 4.30. The van der Waals surface area contributed by atoms with Crippen LogP contribution in [0, 0.1) is 18.3 Å². The smallest absolute Gasteiger partial charge is 0.224 e. The first-order chi connectivity index (χ1) is 10.3. The van der Waals surface area contributed by atoms with E-state index in [4.69, 9.17) is 5.26 Å². The molecule has 0 radical (unpaired) electrons. The van der Waals surface area contributed by atoms with Crippen molar-refractivity contribution in [1.82, 2.24) is 9.97 Å². The lowest BCUT2D eigenvalue weighted by molar-refractivity contribution is -0.138. The van der Waals surface area contributed by atoms with Gasteiger partial charge < -0.3 is 0 Å². The Balaban J connectivity index is 2.57. The van der Waals surface area contributed by atoms with E-state index in [9.17, 15) is 13.2 Å². The molecule has 0 saturated heterocycles. The summed E-state index contributed by atoms with van der Waals surface area (Å²) in [6.07, 6.45) is -2.96. The van der Waals surface area contributed by atoms with Crippen LogP contribution in [0.15, 0.2) is 24.3 Å². The van der Waals surface area contributed by atoms with Crippen molar-refractivity contribution in [2.24, 2.45) is 0 Å². The molecule has 0 aliphatic rings. The van der Waals surface area contributed by atoms with Crippen molar-refractivity contribution >= 4 is 0 Å². The van der Waals surface area contributed by atoms with Crippen LogP contribution in [0.25, 0.3) is 11.3 Å². The zero-order chi connectivity index (χ0) is 16.3. The van der Waals surface area contributed by atoms with E-state index in [1.165, 1.54) is 13.0 Å². The lowest BCUT2D eigenvalue weighted by Gasteiger charge is -2.12. The van der Waals surface area contributed by atoms with Crippen LogP contribution in [0.4, 0.5) is 13.2 Å². The van der Waals surface area contributed by atoms with Crippen LogP contribution in [-0.4, -0.2) is 9.97 Å². The summed E-state index contributed by atoms with van der Waals surface area (Å²) >= 11 is 0. The van der Waals surface area contributed by atoms with E-state index in [0.29, 0.717) is 23.4 Å². The number of benzene rings is 1. The molecule has 0 aliphatic heterocycles. The molecule has 0 atom stereocenters. The van der Waals surface area contributed by atoms with Crippen LogP contribution in [0.3, 0.4) is 0 Å². The molecule has 1 heterocycles. The molecule has 0 fully saturated rings. The molecular formula is C16H14F3N3. The first kappa shape index (κ1) is 16.0. The van der Waals surface area contributed by atoms with Gasteiger partial charge in [-0.15, -0.1) is 0 Å². The van der Waals surface area contributed by atoms with E-state index < -0.39 is 11.7 Å². The van der Waals surface area contributed by atoms with E-state index in [1.54, 1.807) is 12.1 Å². The molecule has 0 amide bonds. The molecule has 114 valence electrons. The number of halogens is 3. The Morgan fingerprint density at radius 1 is 1.18 bits per heavy atom. The minimum atomic E-state index is -4.42. The van der Waals surface area contributed by atoms with Crippen LogP contribution < -0.4 is 0 Å². The SMILES string of the molecule is CCCc1cc(-c2ccc(C)c(C(F)(F)F)c2)nc(C#N)n1. The summed E-state index contributed by atoms with van der Waals surface area (Å²) in [6, 6.07) is 7.53. The highest BCUT2D eigenvalue weighted by Crippen LogP contribution is 2.34. The molecule has 1 aromatic heterocycles. The fourth-order valence-electron chi connectivity index (χ4n) is 2.17. The minimum Gasteiger partial charge on any atom is -0.224 e. The average Bonchev–Trinajstić information content (AvgIpc) is 2.46. The van der Waals surface area contributed by atoms with Gasteiger partial charge in [-0.1, -0.05) is 25.5 Å². The van der Waals surface area contributed by atoms with E-state index in [0.717, 1.165) is 12.5 Å². The topological polar surface area (TPSA) is 49.6 Å². The lowest BCUT2D eigenvalue weighted by atomic mass is 10.0. The van der Waals surface area contributed by atoms with Crippen LogP contribution in [0.5, 0.6) is 0 Å². The second kappa shape index (κ2) is 6.14. The first-order valence-corrected chi connectivity index (χ1v) is 6.81. The monoisotopic (exact) mass is 305 g/mol. The quantitative estimate of drug-likeness (QED) is 0.849. The van der Waals surface area contributed by atoms with Crippen LogP contribution in [0.1, 0.15) is 36.0 Å². The molecule has 0 unspecified atom stereocenters. The number of aryl methyl sites for hydroxylation is 2. The van der Waals surface area contributed by atoms with Crippen molar-refractivity contribution < 1.29 is 13.2 Å². The van der Waals surface area contributed by atoms with E-state index >= 15 is 0 Å². The van der Waals surface area contributed by atoms with Crippen molar-refractivity contribution in [3.05, 3.63) is 46.9 Å². The maximum Gasteiger partial charge on any atom is 0.416 e. The first-order valence-electron chi connectivity index (χ1n) is 6.81. The van der Waals surface area contributed by atoms with Crippen molar-refractivity contribution in [1.29, 1.82) is 5.26 Å². The Kier molecular flexibility index (Phi) is 4.45. The summed E-state index contributed by atoms with van der Waals surface area (Å²) in [7, 11) is 0. The highest BCUT2D eigenvalue weighted by Gasteiger charge is 2.32. The number of nitriles is 1. The third kappa shape index (κ3) is 3.42. The second-order valence-corrected chi connectivity index (χ2v) is 4.96. The lowest BCUT2D eigenvalue weighted by Crippen LogP contribution is -2.08. The number of nitrogens with zero attached hydrogens (tertiary/aromatic N) is 3. The fraction of sp³-hybridized carbons (Fsp3) is 0.312. The number of hydrogen-bond acceptors (Lipinski definition) is 3. The summed E-state index contributed by atoms with van der Waals surface area (Å²) in [4.78, 5) is 8.08. The minimum absolute atomic E-state index is 0.0323. The van der Waals surface area contributed by atoms with Crippen LogP contribution >= 0.6 is 0 Å². The zero-order valence-electron chi connectivity index (χ0n) is 12.2. The summed E-state index contributed by atoms with van der Waals surface area (Å²) in [5.74, 6) is -0.0323. The third-order valence-corrected chi connectivity index (χ3v) is 3.22. The Labute approximate surface area is 126 Å². The molecule has 22 heavy (non-hydrogen) atoms. The maximum atomic E-state index is 13.0. The normalized spacial score (nSPS) is 11.3. The van der Waals surface area contributed by atoms with Gasteiger partial charge in [0.2, 0.25) is 5.82 Å². The third-order valence-electron chi connectivity index (χ3n) is 3.22. The number of rotatable bonds is 3. The Morgan fingerprint density at radius 2 is 1.91 bits per heavy atom. The van der Waals surface area contributed by atoms with Gasteiger partial charge in [-0.3, -0.25) is 0 Å². The maximum absolute atomic E-state index is 13.0. The van der Waals surface area contributed by atoms with Crippen LogP contribution in [0.2, 0.25) is 0 Å². The molecule has 0 N–H and O–H groups in total. The molecule has 2 aromatic rings. The average molecular weight is 305 g/mol. The number of alkyl halides is 3. The van der Waals surface area contributed by atoms with Gasteiger partial charge in [-0.25, -0.2) is 9.97 Å². The summed E-state index contributed by atoms with van der Waals surface area (Å²) in [5.41, 5.74) is 0.770. The number of hydrogen-bond donors (Lipinski definition) is 0. The van der Waals surface area contributed by atoms with Crippen LogP contribution in [-0.2, 0) is 12.6 Å². The Morgan fingerprint density at radius 3 is 2.50 bits per heavy atom. The summed E-state index contributed by atoms with van der Waals surface area (Å²) in [6.45, 7) is 3.37. The van der Waals surface area contributed by atoms with E-state index in [1.807, 2.05) is 13.0 Å². The molecular weight excluding hydrogens is 291 g/mol. The largest absolute Gasteiger partial charge is 0.416 e. The molecule has 0 spiro atoms. The van der Waals surface area contributed by atoms with Gasteiger partial charge in [0, 0.05) is 11.3 Å². The van der Waals surface area contributed by atoms with E-state index in [2.05, 4.69) is 9.97 Å². The van der Waals surface area contributed by atoms with Crippen molar-refractivity contribution in [2.75, 3.05) is 0 Å². The van der Waals surface area contributed by atoms with Gasteiger partial charge in [0.15, 0.2) is 0 Å². The second-order valence-electron chi connectivity index (χ2n) is 4.96. The molecule has 2 rings (SSSR count). The molecule has 0 bridgehead atoms. The van der Waals surface area contributed by atoms with Gasteiger partial charge in [-0.05, 0) is 31.0 Å². The fourth-order valence-corrected chi connectivity index (χ4v) is 2.17. The Hall–Kier alpha value is -2.42. The summed E-state index contributed by atoms with van der Waals surface area (Å²) in [5, 5.41) is 8.97. The van der Waals surface area contributed by atoms with Gasteiger partial charge >= 0.3 is 6.18 Å². The van der Waals surface area contributed by atoms with Crippen molar-refractivity contribution in [2.45, 2.75) is 32.9 Å². The van der Waals surface area contributed by atoms with E-state index in [-0.39, 0.29) is 11.4 Å². The van der Waals surface area contributed by atoms with Gasteiger partial charge in [0.1, 0.15) is 6.07 Å². The highest BCUT2D eigenvalue weighted by molar-refractivity contribution is 5.62. The van der Waals surface area contributed by atoms with Crippen molar-refractivity contribution in [3.63, 3.8) is 0 Å². The van der Waals surface area contributed by atoms with Gasteiger partial charge in [0.05, 0.1) is 11.3 Å². The predicted molar refractivity (Wildman–Crippen MR) is 75.9 cm³/mol. The molecule has 0 aliphatic carbocycles. The Bertz CT molecular complexity index is 730. The van der Waals surface area contributed by atoms with Gasteiger partial charge in [0.25, 0.3) is 0 Å².